The molecule has 2 rings (SSSR count). The Hall–Kier alpha value is -0.670. The quantitative estimate of drug-likeness (QED) is 0.772. The van der Waals surface area contributed by atoms with E-state index in [-0.39, 0.29) is 0 Å². The van der Waals surface area contributed by atoms with E-state index in [1.165, 1.54) is 25.7 Å². The van der Waals surface area contributed by atoms with Crippen molar-refractivity contribution < 1.29 is 0 Å². The second-order valence-electron chi connectivity index (χ2n) is 4.75. The fourth-order valence-electron chi connectivity index (χ4n) is 2.61. The average Bonchev–Trinajstić information content (AvgIpc) is 2.77. The summed E-state index contributed by atoms with van der Waals surface area (Å²) < 4.78 is 0. The molecule has 0 spiro atoms. The Morgan fingerprint density at radius 3 is 2.65 bits per heavy atom. The van der Waals surface area contributed by atoms with Gasteiger partial charge in [-0.25, -0.2) is 9.97 Å². The fourth-order valence-corrected chi connectivity index (χ4v) is 2.87. The van der Waals surface area contributed by atoms with Crippen LogP contribution in [0, 0.1) is 6.92 Å². The minimum absolute atomic E-state index is 0.551. The lowest BCUT2D eigenvalue weighted by Gasteiger charge is -2.26. The molecule has 0 bridgehead atoms. The highest BCUT2D eigenvalue weighted by Gasteiger charge is 2.22. The van der Waals surface area contributed by atoms with E-state index in [0.29, 0.717) is 11.2 Å². The molecular weight excluding hydrogens is 234 g/mol. The van der Waals surface area contributed by atoms with E-state index in [4.69, 9.17) is 11.6 Å². The molecule has 1 heterocycles. The Balaban J connectivity index is 2.06. The number of aryl methyl sites for hydroxylation is 1. The number of rotatable bonds is 4. The van der Waals surface area contributed by atoms with Gasteiger partial charge in [0.05, 0.1) is 6.54 Å². The van der Waals surface area contributed by atoms with E-state index >= 15 is 0 Å². The Morgan fingerprint density at radius 2 is 2.06 bits per heavy atom. The SMILES string of the molecule is CCN(Cc1nc(C)cc(Cl)n1)C1CCCC1. The van der Waals surface area contributed by atoms with Crippen LogP contribution in [0.2, 0.25) is 5.15 Å². The minimum Gasteiger partial charge on any atom is -0.293 e. The Bertz CT molecular complexity index is 355. The Labute approximate surface area is 108 Å². The summed E-state index contributed by atoms with van der Waals surface area (Å²) in [5.74, 6) is 0.851. The molecule has 1 aliphatic carbocycles. The van der Waals surface area contributed by atoms with Crippen molar-refractivity contribution in [3.63, 3.8) is 0 Å². The predicted molar refractivity (Wildman–Crippen MR) is 70.1 cm³/mol. The van der Waals surface area contributed by atoms with Gasteiger partial charge in [0.25, 0.3) is 0 Å². The highest BCUT2D eigenvalue weighted by molar-refractivity contribution is 6.29. The van der Waals surface area contributed by atoms with Crippen LogP contribution in [0.1, 0.15) is 44.1 Å². The molecule has 0 N–H and O–H groups in total. The van der Waals surface area contributed by atoms with Gasteiger partial charge in [-0.2, -0.15) is 0 Å². The third kappa shape index (κ3) is 3.39. The van der Waals surface area contributed by atoms with Crippen LogP contribution < -0.4 is 0 Å². The van der Waals surface area contributed by atoms with Crippen LogP contribution in [0.4, 0.5) is 0 Å². The van der Waals surface area contributed by atoms with E-state index in [1.807, 2.05) is 6.92 Å². The number of nitrogens with zero attached hydrogens (tertiary/aromatic N) is 3. The fraction of sp³-hybridized carbons (Fsp3) is 0.692. The molecule has 1 aromatic heterocycles. The Kier molecular flexibility index (Phi) is 4.35. The maximum Gasteiger partial charge on any atom is 0.144 e. The van der Waals surface area contributed by atoms with Gasteiger partial charge >= 0.3 is 0 Å². The summed E-state index contributed by atoms with van der Waals surface area (Å²) >= 11 is 5.97. The van der Waals surface area contributed by atoms with Gasteiger partial charge in [-0.15, -0.1) is 0 Å². The molecular formula is C13H20ClN3. The minimum atomic E-state index is 0.551. The van der Waals surface area contributed by atoms with Crippen LogP contribution in [-0.2, 0) is 6.54 Å². The molecule has 0 aromatic carbocycles. The summed E-state index contributed by atoms with van der Waals surface area (Å²) in [4.78, 5) is 11.2. The molecule has 0 unspecified atom stereocenters. The van der Waals surface area contributed by atoms with E-state index in [2.05, 4.69) is 21.8 Å². The zero-order valence-electron chi connectivity index (χ0n) is 10.6. The van der Waals surface area contributed by atoms with Crippen molar-refractivity contribution in [2.45, 2.75) is 52.1 Å². The molecule has 0 amide bonds. The second kappa shape index (κ2) is 5.78. The zero-order valence-corrected chi connectivity index (χ0v) is 11.4. The van der Waals surface area contributed by atoms with Crippen molar-refractivity contribution in [1.29, 1.82) is 0 Å². The smallest absolute Gasteiger partial charge is 0.144 e. The molecule has 0 atom stereocenters. The zero-order chi connectivity index (χ0) is 12.3. The van der Waals surface area contributed by atoms with E-state index in [9.17, 15) is 0 Å². The Morgan fingerprint density at radius 1 is 1.35 bits per heavy atom. The van der Waals surface area contributed by atoms with Gasteiger partial charge in [-0.1, -0.05) is 31.4 Å². The van der Waals surface area contributed by atoms with E-state index < -0.39 is 0 Å². The predicted octanol–water partition coefficient (Wildman–Crippen LogP) is 3.20. The number of hydrogen-bond donors (Lipinski definition) is 0. The van der Waals surface area contributed by atoms with Gasteiger partial charge in [-0.05, 0) is 32.4 Å². The summed E-state index contributed by atoms with van der Waals surface area (Å²) in [5.41, 5.74) is 0.947. The van der Waals surface area contributed by atoms with Crippen molar-refractivity contribution in [2.75, 3.05) is 6.54 Å². The molecule has 1 saturated carbocycles. The first-order valence-electron chi connectivity index (χ1n) is 6.43. The average molecular weight is 254 g/mol. The summed E-state index contributed by atoms with van der Waals surface area (Å²) in [6.07, 6.45) is 5.34. The summed E-state index contributed by atoms with van der Waals surface area (Å²) in [6, 6.07) is 2.51. The molecule has 1 aromatic rings. The normalized spacial score (nSPS) is 16.9. The first-order chi connectivity index (χ1) is 8.19. The molecule has 4 heteroatoms. The lowest BCUT2D eigenvalue weighted by Crippen LogP contribution is -2.33. The van der Waals surface area contributed by atoms with Crippen molar-refractivity contribution in [2.24, 2.45) is 0 Å². The van der Waals surface area contributed by atoms with Crippen molar-refractivity contribution in [1.82, 2.24) is 14.9 Å². The van der Waals surface area contributed by atoms with Crippen LogP contribution in [-0.4, -0.2) is 27.5 Å². The third-order valence-corrected chi connectivity index (χ3v) is 3.65. The second-order valence-corrected chi connectivity index (χ2v) is 5.14. The van der Waals surface area contributed by atoms with Gasteiger partial charge in [0, 0.05) is 11.7 Å². The topological polar surface area (TPSA) is 29.0 Å². The van der Waals surface area contributed by atoms with Gasteiger partial charge < -0.3 is 0 Å². The van der Waals surface area contributed by atoms with Gasteiger partial charge in [0.1, 0.15) is 11.0 Å². The molecule has 94 valence electrons. The van der Waals surface area contributed by atoms with E-state index in [1.54, 1.807) is 6.07 Å². The summed E-state index contributed by atoms with van der Waals surface area (Å²) in [7, 11) is 0. The maximum absolute atomic E-state index is 5.97. The van der Waals surface area contributed by atoms with Gasteiger partial charge in [0.2, 0.25) is 0 Å². The number of aromatic nitrogens is 2. The van der Waals surface area contributed by atoms with Crippen LogP contribution in [0.15, 0.2) is 6.07 Å². The van der Waals surface area contributed by atoms with Crippen LogP contribution >= 0.6 is 11.6 Å². The highest BCUT2D eigenvalue weighted by Crippen LogP contribution is 2.24. The van der Waals surface area contributed by atoms with Crippen LogP contribution in [0.5, 0.6) is 0 Å². The third-order valence-electron chi connectivity index (χ3n) is 3.46. The highest BCUT2D eigenvalue weighted by atomic mass is 35.5. The molecule has 3 nitrogen and oxygen atoms in total. The molecule has 17 heavy (non-hydrogen) atoms. The lowest BCUT2D eigenvalue weighted by molar-refractivity contribution is 0.195. The molecule has 1 aliphatic rings. The number of hydrogen-bond acceptors (Lipinski definition) is 3. The maximum atomic E-state index is 5.97. The molecule has 0 aliphatic heterocycles. The summed E-state index contributed by atoms with van der Waals surface area (Å²) in [5, 5.41) is 0.551. The van der Waals surface area contributed by atoms with Gasteiger partial charge in [0.15, 0.2) is 0 Å². The van der Waals surface area contributed by atoms with Crippen LogP contribution in [0.25, 0.3) is 0 Å². The lowest BCUT2D eigenvalue weighted by atomic mass is 10.2. The summed E-state index contributed by atoms with van der Waals surface area (Å²) in [6.45, 7) is 6.04. The first-order valence-corrected chi connectivity index (χ1v) is 6.81. The van der Waals surface area contributed by atoms with E-state index in [0.717, 1.165) is 24.6 Å². The number of halogens is 1. The largest absolute Gasteiger partial charge is 0.293 e. The monoisotopic (exact) mass is 253 g/mol. The van der Waals surface area contributed by atoms with Crippen molar-refractivity contribution in [3.05, 3.63) is 22.7 Å². The van der Waals surface area contributed by atoms with Crippen molar-refractivity contribution in [3.8, 4) is 0 Å². The standard InChI is InChI=1S/C13H20ClN3/c1-3-17(11-6-4-5-7-11)9-13-15-10(2)8-12(14)16-13/h8,11H,3-7,9H2,1-2H3. The van der Waals surface area contributed by atoms with Crippen LogP contribution in [0.3, 0.4) is 0 Å². The van der Waals surface area contributed by atoms with Gasteiger partial charge in [-0.3, -0.25) is 4.90 Å². The molecule has 0 saturated heterocycles. The van der Waals surface area contributed by atoms with Crippen molar-refractivity contribution >= 4 is 11.6 Å². The molecule has 0 radical (unpaired) electrons. The first kappa shape index (κ1) is 12.8. The molecule has 1 fully saturated rings.